The second kappa shape index (κ2) is 6.87. The minimum Gasteiger partial charge on any atom is -0.404 e. The van der Waals surface area contributed by atoms with Gasteiger partial charge in [0, 0.05) is 26.2 Å². The summed E-state index contributed by atoms with van der Waals surface area (Å²) in [6.45, 7) is 4.98. The van der Waals surface area contributed by atoms with E-state index in [9.17, 15) is 14.9 Å². The molecular weight excluding hydrogens is 296 g/mol. The molecule has 2 amide bonds. The highest BCUT2D eigenvalue weighted by Crippen LogP contribution is 2.27. The lowest BCUT2D eigenvalue weighted by atomic mass is 10.1. The summed E-state index contributed by atoms with van der Waals surface area (Å²) in [5.41, 5.74) is 6.57. The van der Waals surface area contributed by atoms with Gasteiger partial charge in [-0.2, -0.15) is 5.26 Å². The molecule has 3 N–H and O–H groups in total. The van der Waals surface area contributed by atoms with E-state index in [-0.39, 0.29) is 17.0 Å². The van der Waals surface area contributed by atoms with Gasteiger partial charge < -0.3 is 10.6 Å². The topological polar surface area (TPSA) is 125 Å². The molecule has 23 heavy (non-hydrogen) atoms. The summed E-state index contributed by atoms with van der Waals surface area (Å²) in [6.07, 6.45) is 2.09. The van der Waals surface area contributed by atoms with E-state index in [1.165, 1.54) is 6.92 Å². The van der Waals surface area contributed by atoms with Gasteiger partial charge in [0.1, 0.15) is 11.8 Å². The number of nitriles is 1. The number of imide groups is 1. The maximum Gasteiger partial charge on any atom is 0.261 e. The molecule has 1 aromatic rings. The van der Waals surface area contributed by atoms with Crippen LogP contribution in [0.2, 0.25) is 0 Å². The van der Waals surface area contributed by atoms with Crippen LogP contribution in [0.1, 0.15) is 31.7 Å². The SMILES string of the molecule is CC(=O)NC(=O)/C(=C\N)c1cc(N2CC[C@H](C)C2)c(C#N)nn1. The lowest BCUT2D eigenvalue weighted by Crippen LogP contribution is -2.29. The monoisotopic (exact) mass is 314 g/mol. The van der Waals surface area contributed by atoms with Gasteiger partial charge in [0.25, 0.3) is 5.91 Å². The quantitative estimate of drug-likeness (QED) is 0.761. The smallest absolute Gasteiger partial charge is 0.261 e. The summed E-state index contributed by atoms with van der Waals surface area (Å²) < 4.78 is 0. The molecular formula is C15H18N6O2. The second-order valence-electron chi connectivity index (χ2n) is 5.51. The fraction of sp³-hybridized carbons (Fsp3) is 0.400. The fourth-order valence-electron chi connectivity index (χ4n) is 2.49. The molecule has 2 rings (SSSR count). The molecule has 120 valence electrons. The highest BCUT2D eigenvalue weighted by atomic mass is 16.2. The Hall–Kier alpha value is -2.95. The fourth-order valence-corrected chi connectivity index (χ4v) is 2.49. The number of hydrogen-bond acceptors (Lipinski definition) is 7. The normalized spacial score (nSPS) is 17.7. The Morgan fingerprint density at radius 3 is 2.78 bits per heavy atom. The third kappa shape index (κ3) is 3.63. The first-order valence-corrected chi connectivity index (χ1v) is 7.23. The highest BCUT2D eigenvalue weighted by Gasteiger charge is 2.24. The lowest BCUT2D eigenvalue weighted by Gasteiger charge is -2.19. The van der Waals surface area contributed by atoms with Crippen molar-refractivity contribution in [3.63, 3.8) is 0 Å². The van der Waals surface area contributed by atoms with Crippen LogP contribution in [0.5, 0.6) is 0 Å². The number of carbonyl (C=O) groups excluding carboxylic acids is 2. The maximum atomic E-state index is 12.0. The van der Waals surface area contributed by atoms with Crippen LogP contribution in [0.3, 0.4) is 0 Å². The molecule has 1 aromatic heterocycles. The Morgan fingerprint density at radius 1 is 1.52 bits per heavy atom. The van der Waals surface area contributed by atoms with E-state index < -0.39 is 11.8 Å². The van der Waals surface area contributed by atoms with Gasteiger partial charge in [0.2, 0.25) is 5.91 Å². The molecule has 0 unspecified atom stereocenters. The first-order valence-electron chi connectivity index (χ1n) is 7.23. The number of nitrogens with zero attached hydrogens (tertiary/aromatic N) is 4. The highest BCUT2D eigenvalue weighted by molar-refractivity contribution is 6.23. The van der Waals surface area contributed by atoms with Crippen LogP contribution in [0.15, 0.2) is 12.3 Å². The molecule has 0 spiro atoms. The number of rotatable bonds is 3. The first kappa shape index (κ1) is 16.4. The largest absolute Gasteiger partial charge is 0.404 e. The molecule has 8 nitrogen and oxygen atoms in total. The summed E-state index contributed by atoms with van der Waals surface area (Å²) in [7, 11) is 0. The van der Waals surface area contributed by atoms with Crippen molar-refractivity contribution in [2.75, 3.05) is 18.0 Å². The molecule has 1 atom stereocenters. The molecule has 0 bridgehead atoms. The van der Waals surface area contributed by atoms with Gasteiger partial charge in [-0.05, 0) is 18.4 Å². The molecule has 1 saturated heterocycles. The van der Waals surface area contributed by atoms with Crippen molar-refractivity contribution in [3.8, 4) is 6.07 Å². The Bertz CT molecular complexity index is 706. The van der Waals surface area contributed by atoms with Gasteiger partial charge >= 0.3 is 0 Å². The van der Waals surface area contributed by atoms with Crippen molar-refractivity contribution in [3.05, 3.63) is 23.7 Å². The third-order valence-electron chi connectivity index (χ3n) is 3.62. The van der Waals surface area contributed by atoms with Gasteiger partial charge in [-0.1, -0.05) is 6.92 Å². The predicted molar refractivity (Wildman–Crippen MR) is 83.7 cm³/mol. The third-order valence-corrected chi connectivity index (χ3v) is 3.62. The number of nitrogens with one attached hydrogen (secondary N) is 1. The standard InChI is InChI=1S/C15H18N6O2/c1-9-3-4-21(8-9)14-5-12(19-20-13(14)7-17)11(6-16)15(23)18-10(2)22/h5-6,9H,3-4,8,16H2,1-2H3,(H,18,22,23)/b11-6-/t9-/m0/s1. The summed E-state index contributed by atoms with van der Waals surface area (Å²) in [4.78, 5) is 25.1. The predicted octanol–water partition coefficient (Wildman–Crippen LogP) is 0.157. The summed E-state index contributed by atoms with van der Waals surface area (Å²) >= 11 is 0. The zero-order chi connectivity index (χ0) is 17.0. The van der Waals surface area contributed by atoms with Crippen LogP contribution in [0.25, 0.3) is 5.57 Å². The average Bonchev–Trinajstić information content (AvgIpc) is 2.93. The van der Waals surface area contributed by atoms with Gasteiger partial charge in [-0.3, -0.25) is 14.9 Å². The van der Waals surface area contributed by atoms with E-state index in [1.54, 1.807) is 6.07 Å². The van der Waals surface area contributed by atoms with E-state index in [4.69, 9.17) is 5.73 Å². The summed E-state index contributed by atoms with van der Waals surface area (Å²) in [5.74, 6) is -0.631. The van der Waals surface area contributed by atoms with E-state index in [1.807, 2.05) is 11.0 Å². The second-order valence-corrected chi connectivity index (χ2v) is 5.51. The van der Waals surface area contributed by atoms with E-state index in [0.29, 0.717) is 11.6 Å². The molecule has 2 heterocycles. The summed E-state index contributed by atoms with van der Waals surface area (Å²) in [6, 6.07) is 3.63. The Kier molecular flexibility index (Phi) is 4.91. The van der Waals surface area contributed by atoms with Gasteiger partial charge in [-0.25, -0.2) is 0 Å². The van der Waals surface area contributed by atoms with Gasteiger partial charge in [0.15, 0.2) is 5.69 Å². The van der Waals surface area contributed by atoms with Crippen molar-refractivity contribution in [1.29, 1.82) is 5.26 Å². The van der Waals surface area contributed by atoms with Crippen molar-refractivity contribution in [2.24, 2.45) is 11.7 Å². The molecule has 0 radical (unpaired) electrons. The van der Waals surface area contributed by atoms with E-state index in [2.05, 4.69) is 22.4 Å². The Balaban J connectivity index is 2.38. The number of nitrogens with two attached hydrogens (primary N) is 1. The van der Waals surface area contributed by atoms with Gasteiger partial charge in [0.05, 0.1) is 11.3 Å². The molecule has 8 heteroatoms. The van der Waals surface area contributed by atoms with Crippen molar-refractivity contribution in [2.45, 2.75) is 20.3 Å². The molecule has 1 fully saturated rings. The van der Waals surface area contributed by atoms with Crippen molar-refractivity contribution >= 4 is 23.1 Å². The molecule has 1 aliphatic rings. The van der Waals surface area contributed by atoms with Crippen LogP contribution in [0.4, 0.5) is 5.69 Å². The van der Waals surface area contributed by atoms with Crippen molar-refractivity contribution in [1.82, 2.24) is 15.5 Å². The number of aromatic nitrogens is 2. The number of amides is 2. The lowest BCUT2D eigenvalue weighted by molar-refractivity contribution is -0.126. The minimum atomic E-state index is -0.653. The molecule has 1 aliphatic heterocycles. The van der Waals surface area contributed by atoms with Crippen molar-refractivity contribution < 1.29 is 9.59 Å². The van der Waals surface area contributed by atoms with Crippen LogP contribution < -0.4 is 16.0 Å². The molecule has 0 aromatic carbocycles. The van der Waals surface area contributed by atoms with Crippen LogP contribution in [0, 0.1) is 17.2 Å². The number of hydrogen-bond donors (Lipinski definition) is 2. The average molecular weight is 314 g/mol. The Morgan fingerprint density at radius 2 is 2.26 bits per heavy atom. The van der Waals surface area contributed by atoms with E-state index >= 15 is 0 Å². The summed E-state index contributed by atoms with van der Waals surface area (Å²) in [5, 5.41) is 19.1. The van der Waals surface area contributed by atoms with Crippen LogP contribution in [-0.2, 0) is 9.59 Å². The van der Waals surface area contributed by atoms with Crippen LogP contribution in [-0.4, -0.2) is 35.1 Å². The molecule has 0 saturated carbocycles. The maximum absolute atomic E-state index is 12.0. The number of carbonyl (C=O) groups is 2. The zero-order valence-electron chi connectivity index (χ0n) is 13.0. The minimum absolute atomic E-state index is 0.0330. The molecule has 0 aliphatic carbocycles. The van der Waals surface area contributed by atoms with E-state index in [0.717, 1.165) is 25.7 Å². The van der Waals surface area contributed by atoms with Gasteiger partial charge in [-0.15, -0.1) is 10.2 Å². The van der Waals surface area contributed by atoms with Crippen LogP contribution >= 0.6 is 0 Å². The first-order chi connectivity index (χ1) is 11.0. The Labute approximate surface area is 134 Å². The number of anilines is 1. The zero-order valence-corrected chi connectivity index (χ0v) is 13.0.